The van der Waals surface area contributed by atoms with Gasteiger partial charge in [0.25, 0.3) is 0 Å². The second kappa shape index (κ2) is 4.05. The Morgan fingerprint density at radius 1 is 1.75 bits per heavy atom. The summed E-state index contributed by atoms with van der Waals surface area (Å²) >= 11 is 5.03. The highest BCUT2D eigenvalue weighted by Crippen LogP contribution is 2.27. The summed E-state index contributed by atoms with van der Waals surface area (Å²) in [5, 5.41) is 8.46. The summed E-state index contributed by atoms with van der Waals surface area (Å²) in [5.41, 5.74) is 0. The third-order valence-electron chi connectivity index (χ3n) is 1.45. The fourth-order valence-corrected chi connectivity index (χ4v) is 2.78. The van der Waals surface area contributed by atoms with Gasteiger partial charge in [0.2, 0.25) is 0 Å². The van der Waals surface area contributed by atoms with Crippen molar-refractivity contribution < 1.29 is 9.90 Å². The van der Waals surface area contributed by atoms with E-state index in [1.54, 1.807) is 11.3 Å². The molecule has 0 aliphatic heterocycles. The molecule has 66 valence electrons. The molecule has 12 heavy (non-hydrogen) atoms. The van der Waals surface area contributed by atoms with E-state index in [0.29, 0.717) is 6.42 Å². The first-order valence-corrected chi connectivity index (χ1v) is 5.17. The maximum absolute atomic E-state index is 10.3. The number of carboxylic acid groups (broad SMARTS) is 1. The SMILES string of the molecule is Cc1cc(Br)c(CCC(=O)O)s1. The molecule has 0 atom stereocenters. The van der Waals surface area contributed by atoms with Crippen molar-refractivity contribution in [3.8, 4) is 0 Å². The second-order valence-corrected chi connectivity index (χ2v) is 4.72. The maximum Gasteiger partial charge on any atom is 0.303 e. The van der Waals surface area contributed by atoms with E-state index in [9.17, 15) is 4.79 Å². The van der Waals surface area contributed by atoms with Crippen LogP contribution in [0.2, 0.25) is 0 Å². The molecule has 0 aliphatic rings. The average molecular weight is 249 g/mol. The van der Waals surface area contributed by atoms with Crippen molar-refractivity contribution >= 4 is 33.2 Å². The monoisotopic (exact) mass is 248 g/mol. The number of halogens is 1. The van der Waals surface area contributed by atoms with Gasteiger partial charge in [-0.15, -0.1) is 11.3 Å². The Hall–Kier alpha value is -0.350. The molecule has 1 rings (SSSR count). The number of aryl methyl sites for hydroxylation is 2. The Morgan fingerprint density at radius 3 is 2.83 bits per heavy atom. The smallest absolute Gasteiger partial charge is 0.303 e. The first-order valence-electron chi connectivity index (χ1n) is 3.56. The summed E-state index contributed by atoms with van der Waals surface area (Å²) in [6.07, 6.45) is 0.826. The van der Waals surface area contributed by atoms with Gasteiger partial charge in [0.1, 0.15) is 0 Å². The van der Waals surface area contributed by atoms with Crippen LogP contribution >= 0.6 is 27.3 Å². The van der Waals surface area contributed by atoms with Crippen LogP contribution in [0.25, 0.3) is 0 Å². The van der Waals surface area contributed by atoms with Gasteiger partial charge >= 0.3 is 5.97 Å². The Bertz CT molecular complexity index is 293. The van der Waals surface area contributed by atoms with Crippen molar-refractivity contribution in [2.24, 2.45) is 0 Å². The summed E-state index contributed by atoms with van der Waals surface area (Å²) in [6.45, 7) is 2.01. The highest BCUT2D eigenvalue weighted by atomic mass is 79.9. The molecule has 4 heteroatoms. The van der Waals surface area contributed by atoms with Gasteiger partial charge in [0.15, 0.2) is 0 Å². The summed E-state index contributed by atoms with van der Waals surface area (Å²) in [5.74, 6) is -0.743. The summed E-state index contributed by atoms with van der Waals surface area (Å²) in [4.78, 5) is 12.6. The van der Waals surface area contributed by atoms with Gasteiger partial charge in [-0.1, -0.05) is 0 Å². The lowest BCUT2D eigenvalue weighted by Crippen LogP contribution is -1.95. The van der Waals surface area contributed by atoms with Gasteiger partial charge in [-0.25, -0.2) is 0 Å². The van der Waals surface area contributed by atoms with E-state index in [4.69, 9.17) is 5.11 Å². The topological polar surface area (TPSA) is 37.3 Å². The Morgan fingerprint density at radius 2 is 2.42 bits per heavy atom. The molecule has 1 aromatic rings. The number of hydrogen-bond acceptors (Lipinski definition) is 2. The first kappa shape index (κ1) is 9.74. The fourth-order valence-electron chi connectivity index (χ4n) is 0.922. The molecule has 0 saturated heterocycles. The van der Waals surface area contributed by atoms with Gasteiger partial charge in [0, 0.05) is 14.2 Å². The van der Waals surface area contributed by atoms with Gasteiger partial charge < -0.3 is 5.11 Å². The van der Waals surface area contributed by atoms with Crippen molar-refractivity contribution in [1.29, 1.82) is 0 Å². The molecule has 0 aromatic carbocycles. The van der Waals surface area contributed by atoms with E-state index in [2.05, 4.69) is 15.9 Å². The van der Waals surface area contributed by atoms with E-state index in [0.717, 1.165) is 9.35 Å². The maximum atomic E-state index is 10.3. The van der Waals surface area contributed by atoms with Crippen LogP contribution in [0, 0.1) is 6.92 Å². The highest BCUT2D eigenvalue weighted by Gasteiger charge is 2.06. The lowest BCUT2D eigenvalue weighted by Gasteiger charge is -1.93. The standard InChI is InChI=1S/C8H9BrO2S/c1-5-4-6(9)7(12-5)2-3-8(10)11/h4H,2-3H2,1H3,(H,10,11). The summed E-state index contributed by atoms with van der Waals surface area (Å²) in [6, 6.07) is 2.02. The molecule has 0 fully saturated rings. The third-order valence-corrected chi connectivity index (χ3v) is 3.53. The zero-order chi connectivity index (χ0) is 9.14. The molecular weight excluding hydrogens is 240 g/mol. The first-order chi connectivity index (χ1) is 5.59. The average Bonchev–Trinajstić information content (AvgIpc) is 2.26. The molecule has 0 unspecified atom stereocenters. The number of aliphatic carboxylic acids is 1. The van der Waals surface area contributed by atoms with Crippen LogP contribution in [-0.4, -0.2) is 11.1 Å². The van der Waals surface area contributed by atoms with Gasteiger partial charge in [0.05, 0.1) is 6.42 Å². The fraction of sp³-hybridized carbons (Fsp3) is 0.375. The Kier molecular flexibility index (Phi) is 3.29. The Labute approximate surface area is 83.4 Å². The van der Waals surface area contributed by atoms with Crippen LogP contribution in [0.15, 0.2) is 10.5 Å². The molecule has 0 spiro atoms. The zero-order valence-corrected chi connectivity index (χ0v) is 9.04. The zero-order valence-electron chi connectivity index (χ0n) is 6.63. The minimum Gasteiger partial charge on any atom is -0.481 e. The van der Waals surface area contributed by atoms with E-state index >= 15 is 0 Å². The van der Waals surface area contributed by atoms with Crippen LogP contribution < -0.4 is 0 Å². The minimum atomic E-state index is -0.743. The molecule has 0 aliphatic carbocycles. The molecule has 0 bridgehead atoms. The molecule has 1 aromatic heterocycles. The van der Waals surface area contributed by atoms with Crippen LogP contribution in [0.5, 0.6) is 0 Å². The molecule has 0 radical (unpaired) electrons. The van der Waals surface area contributed by atoms with Gasteiger partial charge in [-0.05, 0) is 35.3 Å². The van der Waals surface area contributed by atoms with E-state index in [-0.39, 0.29) is 6.42 Å². The molecule has 0 amide bonds. The van der Waals surface area contributed by atoms with Crippen molar-refractivity contribution in [2.75, 3.05) is 0 Å². The van der Waals surface area contributed by atoms with Crippen molar-refractivity contribution in [1.82, 2.24) is 0 Å². The van der Waals surface area contributed by atoms with Crippen molar-refractivity contribution in [3.63, 3.8) is 0 Å². The quantitative estimate of drug-likeness (QED) is 0.894. The molecule has 1 N–H and O–H groups in total. The highest BCUT2D eigenvalue weighted by molar-refractivity contribution is 9.10. The van der Waals surface area contributed by atoms with Crippen LogP contribution in [-0.2, 0) is 11.2 Å². The second-order valence-electron chi connectivity index (χ2n) is 2.52. The van der Waals surface area contributed by atoms with E-state index in [1.165, 1.54) is 4.88 Å². The lowest BCUT2D eigenvalue weighted by molar-refractivity contribution is -0.136. The minimum absolute atomic E-state index is 0.207. The number of carbonyl (C=O) groups is 1. The van der Waals surface area contributed by atoms with E-state index < -0.39 is 5.97 Å². The van der Waals surface area contributed by atoms with Crippen LogP contribution in [0.1, 0.15) is 16.2 Å². The molecule has 0 saturated carbocycles. The molecule has 1 heterocycles. The number of rotatable bonds is 3. The largest absolute Gasteiger partial charge is 0.481 e. The van der Waals surface area contributed by atoms with Gasteiger partial charge in [-0.3, -0.25) is 4.79 Å². The van der Waals surface area contributed by atoms with E-state index in [1.807, 2.05) is 13.0 Å². The predicted molar refractivity (Wildman–Crippen MR) is 52.7 cm³/mol. The van der Waals surface area contributed by atoms with Crippen molar-refractivity contribution in [2.45, 2.75) is 19.8 Å². The number of hydrogen-bond donors (Lipinski definition) is 1. The normalized spacial score (nSPS) is 10.2. The summed E-state index contributed by atoms with van der Waals surface area (Å²) in [7, 11) is 0. The number of thiophene rings is 1. The summed E-state index contributed by atoms with van der Waals surface area (Å²) < 4.78 is 1.03. The predicted octanol–water partition coefficient (Wildman–Crippen LogP) is 2.84. The third kappa shape index (κ3) is 2.60. The molecular formula is C8H9BrO2S. The Balaban J connectivity index is 2.62. The van der Waals surface area contributed by atoms with Gasteiger partial charge in [-0.2, -0.15) is 0 Å². The number of carboxylic acids is 1. The molecule has 2 nitrogen and oxygen atoms in total. The van der Waals surface area contributed by atoms with Crippen LogP contribution in [0.3, 0.4) is 0 Å². The van der Waals surface area contributed by atoms with Crippen LogP contribution in [0.4, 0.5) is 0 Å². The van der Waals surface area contributed by atoms with Crippen molar-refractivity contribution in [3.05, 3.63) is 20.3 Å². The lowest BCUT2D eigenvalue weighted by atomic mass is 10.3.